The minimum absolute atomic E-state index is 0.0859. The van der Waals surface area contributed by atoms with Gasteiger partial charge in [0.15, 0.2) is 0 Å². The van der Waals surface area contributed by atoms with E-state index < -0.39 is 4.92 Å². The quantitative estimate of drug-likeness (QED) is 0.582. The van der Waals surface area contributed by atoms with Crippen LogP contribution >= 0.6 is 27.5 Å². The van der Waals surface area contributed by atoms with Gasteiger partial charge in [-0.25, -0.2) is 4.39 Å². The second-order valence-electron chi connectivity index (χ2n) is 4.46. The topological polar surface area (TPSA) is 55.2 Å². The second-order valence-corrected chi connectivity index (χ2v) is 5.72. The van der Waals surface area contributed by atoms with Crippen molar-refractivity contribution in [3.8, 4) is 0 Å². The number of nitro groups is 1. The van der Waals surface area contributed by atoms with Gasteiger partial charge in [0.2, 0.25) is 0 Å². The fourth-order valence-corrected chi connectivity index (χ4v) is 2.44. The number of rotatable bonds is 4. The van der Waals surface area contributed by atoms with Gasteiger partial charge in [0.25, 0.3) is 5.69 Å². The Morgan fingerprint density at radius 2 is 2.05 bits per heavy atom. The first-order chi connectivity index (χ1) is 9.88. The molecule has 0 aliphatic carbocycles. The first-order valence-corrected chi connectivity index (χ1v) is 7.21. The average Bonchev–Trinajstić information content (AvgIpc) is 2.43. The normalized spacial score (nSPS) is 12.0. The first-order valence-electron chi connectivity index (χ1n) is 6.04. The molecule has 0 radical (unpaired) electrons. The van der Waals surface area contributed by atoms with Crippen molar-refractivity contribution in [2.45, 2.75) is 13.0 Å². The third-order valence-electron chi connectivity index (χ3n) is 2.97. The van der Waals surface area contributed by atoms with Gasteiger partial charge in [0, 0.05) is 17.8 Å². The molecule has 1 atom stereocenters. The van der Waals surface area contributed by atoms with Crippen LogP contribution in [0.5, 0.6) is 0 Å². The number of hydrogen-bond donors (Lipinski definition) is 1. The van der Waals surface area contributed by atoms with Crippen molar-refractivity contribution in [2.24, 2.45) is 0 Å². The number of halogens is 3. The molecule has 21 heavy (non-hydrogen) atoms. The standard InChI is InChI=1S/C14H11BrClFN2O2/c1-8(9-2-5-13(17)11(15)6-9)18-10-3-4-12(16)14(7-10)19(20)21/h2-8,18H,1H3. The second kappa shape index (κ2) is 6.41. The zero-order valence-corrected chi connectivity index (χ0v) is 13.3. The highest BCUT2D eigenvalue weighted by atomic mass is 79.9. The maximum absolute atomic E-state index is 13.2. The molecule has 0 bridgehead atoms. The van der Waals surface area contributed by atoms with Gasteiger partial charge in [0.1, 0.15) is 10.8 Å². The van der Waals surface area contributed by atoms with Gasteiger partial charge in [-0.15, -0.1) is 0 Å². The van der Waals surface area contributed by atoms with Gasteiger partial charge < -0.3 is 5.32 Å². The molecule has 0 aromatic heterocycles. The maximum Gasteiger partial charge on any atom is 0.289 e. The van der Waals surface area contributed by atoms with Crippen LogP contribution in [0, 0.1) is 15.9 Å². The third kappa shape index (κ3) is 3.71. The van der Waals surface area contributed by atoms with Gasteiger partial charge >= 0.3 is 0 Å². The summed E-state index contributed by atoms with van der Waals surface area (Å²) in [5.74, 6) is -0.340. The van der Waals surface area contributed by atoms with E-state index in [4.69, 9.17) is 11.6 Å². The number of nitrogens with zero attached hydrogens (tertiary/aromatic N) is 1. The van der Waals surface area contributed by atoms with Crippen molar-refractivity contribution in [1.82, 2.24) is 0 Å². The molecule has 0 saturated carbocycles. The van der Waals surface area contributed by atoms with Crippen LogP contribution in [0.15, 0.2) is 40.9 Å². The summed E-state index contributed by atoms with van der Waals surface area (Å²) in [5.41, 5.74) is 1.26. The molecule has 2 rings (SSSR count). The molecule has 0 spiro atoms. The summed E-state index contributed by atoms with van der Waals surface area (Å²) >= 11 is 8.90. The van der Waals surface area contributed by atoms with Crippen molar-refractivity contribution in [3.63, 3.8) is 0 Å². The smallest absolute Gasteiger partial charge is 0.289 e. The predicted octanol–water partition coefficient (Wildman–Crippen LogP) is 5.32. The molecular formula is C14H11BrClFN2O2. The number of benzene rings is 2. The van der Waals surface area contributed by atoms with Crippen molar-refractivity contribution in [2.75, 3.05) is 5.32 Å². The van der Waals surface area contributed by atoms with Crippen LogP contribution in [0.3, 0.4) is 0 Å². The van der Waals surface area contributed by atoms with E-state index >= 15 is 0 Å². The number of nitrogens with one attached hydrogen (secondary N) is 1. The molecule has 1 unspecified atom stereocenters. The molecule has 0 heterocycles. The lowest BCUT2D eigenvalue weighted by Gasteiger charge is -2.16. The summed E-state index contributed by atoms with van der Waals surface area (Å²) < 4.78 is 13.6. The number of anilines is 1. The van der Waals surface area contributed by atoms with E-state index in [1.807, 2.05) is 6.92 Å². The lowest BCUT2D eigenvalue weighted by Crippen LogP contribution is -2.07. The third-order valence-corrected chi connectivity index (χ3v) is 3.90. The van der Waals surface area contributed by atoms with Crippen LogP contribution in [-0.2, 0) is 0 Å². The van der Waals surface area contributed by atoms with Gasteiger partial charge in [-0.2, -0.15) is 0 Å². The Bertz CT molecular complexity index is 697. The minimum atomic E-state index is -0.535. The molecule has 2 aromatic rings. The molecule has 2 aromatic carbocycles. The van der Waals surface area contributed by atoms with Crippen LogP contribution in [0.2, 0.25) is 5.02 Å². The van der Waals surface area contributed by atoms with Crippen LogP contribution in [0.25, 0.3) is 0 Å². The van der Waals surface area contributed by atoms with Crippen molar-refractivity contribution in [1.29, 1.82) is 0 Å². The van der Waals surface area contributed by atoms with Crippen molar-refractivity contribution in [3.05, 3.63) is 67.4 Å². The molecule has 0 aliphatic rings. The van der Waals surface area contributed by atoms with Crippen LogP contribution in [-0.4, -0.2) is 4.92 Å². The molecule has 7 heteroatoms. The van der Waals surface area contributed by atoms with Crippen LogP contribution < -0.4 is 5.32 Å². The Morgan fingerprint density at radius 3 is 2.67 bits per heavy atom. The average molecular weight is 374 g/mol. The molecule has 1 N–H and O–H groups in total. The Morgan fingerprint density at radius 1 is 1.33 bits per heavy atom. The van der Waals surface area contributed by atoms with E-state index in [2.05, 4.69) is 21.2 Å². The Kier molecular flexibility index (Phi) is 4.80. The largest absolute Gasteiger partial charge is 0.378 e. The SMILES string of the molecule is CC(Nc1ccc(Cl)c([N+](=O)[O-])c1)c1ccc(F)c(Br)c1. The van der Waals surface area contributed by atoms with E-state index in [0.29, 0.717) is 10.2 Å². The minimum Gasteiger partial charge on any atom is -0.378 e. The lowest BCUT2D eigenvalue weighted by molar-refractivity contribution is -0.384. The molecule has 0 saturated heterocycles. The van der Waals surface area contributed by atoms with E-state index in [1.54, 1.807) is 18.2 Å². The molecular weight excluding hydrogens is 363 g/mol. The molecule has 4 nitrogen and oxygen atoms in total. The Balaban J connectivity index is 2.23. The number of hydrogen-bond acceptors (Lipinski definition) is 3. The van der Waals surface area contributed by atoms with E-state index in [9.17, 15) is 14.5 Å². The van der Waals surface area contributed by atoms with Crippen LogP contribution in [0.4, 0.5) is 15.8 Å². The molecule has 0 amide bonds. The van der Waals surface area contributed by atoms with Crippen LogP contribution in [0.1, 0.15) is 18.5 Å². The van der Waals surface area contributed by atoms with E-state index in [1.165, 1.54) is 18.2 Å². The summed E-state index contributed by atoms with van der Waals surface area (Å²) in [7, 11) is 0. The summed E-state index contributed by atoms with van der Waals surface area (Å²) in [4.78, 5) is 10.3. The maximum atomic E-state index is 13.2. The monoisotopic (exact) mass is 372 g/mol. The van der Waals surface area contributed by atoms with Crippen molar-refractivity contribution >= 4 is 38.9 Å². The van der Waals surface area contributed by atoms with Gasteiger partial charge in [0.05, 0.1) is 9.40 Å². The van der Waals surface area contributed by atoms with Gasteiger partial charge in [-0.05, 0) is 52.7 Å². The number of nitro benzene ring substituents is 1. The fraction of sp³-hybridized carbons (Fsp3) is 0.143. The molecule has 0 aliphatic heterocycles. The van der Waals surface area contributed by atoms with Crippen molar-refractivity contribution < 1.29 is 9.31 Å². The zero-order valence-electron chi connectivity index (χ0n) is 10.9. The fourth-order valence-electron chi connectivity index (χ4n) is 1.86. The van der Waals surface area contributed by atoms with Gasteiger partial charge in [-0.1, -0.05) is 17.7 Å². The zero-order chi connectivity index (χ0) is 15.6. The summed E-state index contributed by atoms with van der Waals surface area (Å²) in [5, 5.41) is 14.1. The highest BCUT2D eigenvalue weighted by Crippen LogP contribution is 2.30. The lowest BCUT2D eigenvalue weighted by atomic mass is 10.1. The Labute approximate surface area is 134 Å². The Hall–Kier alpha value is -1.66. The summed E-state index contributed by atoms with van der Waals surface area (Å²) in [6.45, 7) is 1.88. The predicted molar refractivity (Wildman–Crippen MR) is 84.2 cm³/mol. The highest BCUT2D eigenvalue weighted by molar-refractivity contribution is 9.10. The van der Waals surface area contributed by atoms with E-state index in [0.717, 1.165) is 5.56 Å². The highest BCUT2D eigenvalue weighted by Gasteiger charge is 2.14. The van der Waals surface area contributed by atoms with E-state index in [-0.39, 0.29) is 22.6 Å². The summed E-state index contributed by atoms with van der Waals surface area (Å²) in [6.07, 6.45) is 0. The van der Waals surface area contributed by atoms with Gasteiger partial charge in [-0.3, -0.25) is 10.1 Å². The molecule has 110 valence electrons. The summed E-state index contributed by atoms with van der Waals surface area (Å²) in [6, 6.07) is 9.03. The molecule has 0 fully saturated rings. The first kappa shape index (κ1) is 15.7.